The fraction of sp³-hybridized carbons (Fsp3) is 0.742. The summed E-state index contributed by atoms with van der Waals surface area (Å²) >= 11 is 0. The standard InChI is InChI=1S/C31H45N3O/c1-22(21-33-17-19-34(20-18-33)29-9-4-5-16-32-29)25-12-13-26-24-11-10-23-7-6-8-28(35)31(23,3)27(24)14-15-30(25,26)2/h4-5,7,9,16,22,24-27H,6,8,10-15,17-21H2,1-3H3/t22?,24-,25+,26-,27-,30+,31-/m0/s1. The summed E-state index contributed by atoms with van der Waals surface area (Å²) in [5, 5.41) is 0. The van der Waals surface area contributed by atoms with Crippen LogP contribution in [0.3, 0.4) is 0 Å². The van der Waals surface area contributed by atoms with Gasteiger partial charge in [-0.25, -0.2) is 4.98 Å². The Morgan fingerprint density at radius 2 is 1.86 bits per heavy atom. The molecule has 6 rings (SSSR count). The minimum Gasteiger partial charge on any atom is -0.354 e. The molecule has 1 aromatic heterocycles. The molecule has 4 aliphatic carbocycles. The van der Waals surface area contributed by atoms with E-state index >= 15 is 0 Å². The Morgan fingerprint density at radius 1 is 1.03 bits per heavy atom. The number of fused-ring (bicyclic) bond motifs is 5. The van der Waals surface area contributed by atoms with Crippen LogP contribution in [0, 0.1) is 40.4 Å². The molecule has 7 atom stereocenters. The summed E-state index contributed by atoms with van der Waals surface area (Å²) in [6.45, 7) is 13.2. The molecule has 1 saturated heterocycles. The maximum Gasteiger partial charge on any atom is 0.143 e. The quantitative estimate of drug-likeness (QED) is 0.501. The van der Waals surface area contributed by atoms with Gasteiger partial charge in [0.25, 0.3) is 0 Å². The molecule has 2 heterocycles. The van der Waals surface area contributed by atoms with Gasteiger partial charge in [0.2, 0.25) is 0 Å². The molecule has 4 fully saturated rings. The number of piperazine rings is 1. The van der Waals surface area contributed by atoms with Crippen molar-refractivity contribution in [3.05, 3.63) is 36.0 Å². The summed E-state index contributed by atoms with van der Waals surface area (Å²) in [5.74, 6) is 5.43. The third kappa shape index (κ3) is 3.81. The number of anilines is 1. The Bertz CT molecular complexity index is 967. The zero-order valence-corrected chi connectivity index (χ0v) is 22.2. The molecule has 190 valence electrons. The van der Waals surface area contributed by atoms with Crippen LogP contribution in [0.25, 0.3) is 0 Å². The second kappa shape index (κ2) is 9.01. The minimum absolute atomic E-state index is 0.139. The first-order valence-electron chi connectivity index (χ1n) is 14.5. The molecular formula is C31H45N3O. The van der Waals surface area contributed by atoms with E-state index in [1.807, 2.05) is 12.3 Å². The van der Waals surface area contributed by atoms with Crippen molar-refractivity contribution in [2.75, 3.05) is 37.6 Å². The van der Waals surface area contributed by atoms with E-state index in [0.717, 1.165) is 68.5 Å². The first-order valence-corrected chi connectivity index (χ1v) is 14.5. The summed E-state index contributed by atoms with van der Waals surface area (Å²) in [7, 11) is 0. The Hall–Kier alpha value is -1.68. The highest BCUT2D eigenvalue weighted by atomic mass is 16.1. The molecule has 35 heavy (non-hydrogen) atoms. The van der Waals surface area contributed by atoms with E-state index in [1.54, 1.807) is 0 Å². The third-order valence-electron chi connectivity index (χ3n) is 11.6. The van der Waals surface area contributed by atoms with Crippen LogP contribution in [0.5, 0.6) is 0 Å². The molecular weight excluding hydrogens is 430 g/mol. The predicted molar refractivity (Wildman–Crippen MR) is 142 cm³/mol. The normalized spacial score (nSPS) is 40.5. The number of hydrogen-bond acceptors (Lipinski definition) is 4. The molecule has 0 radical (unpaired) electrons. The zero-order valence-electron chi connectivity index (χ0n) is 22.2. The number of carbonyl (C=O) groups excluding carboxylic acids is 1. The van der Waals surface area contributed by atoms with Gasteiger partial charge in [-0.1, -0.05) is 31.6 Å². The van der Waals surface area contributed by atoms with E-state index in [2.05, 4.69) is 53.8 Å². The Balaban J connectivity index is 1.11. The van der Waals surface area contributed by atoms with Crippen LogP contribution in [-0.2, 0) is 4.79 Å². The average molecular weight is 476 g/mol. The van der Waals surface area contributed by atoms with Gasteiger partial charge < -0.3 is 4.90 Å². The van der Waals surface area contributed by atoms with Gasteiger partial charge in [0, 0.05) is 45.3 Å². The maximum absolute atomic E-state index is 13.2. The lowest BCUT2D eigenvalue weighted by Crippen LogP contribution is -2.54. The average Bonchev–Trinajstić information content (AvgIpc) is 3.23. The summed E-state index contributed by atoms with van der Waals surface area (Å²) in [4.78, 5) is 22.9. The molecule has 0 spiro atoms. The van der Waals surface area contributed by atoms with Gasteiger partial charge in [-0.3, -0.25) is 9.69 Å². The van der Waals surface area contributed by atoms with Crippen molar-refractivity contribution in [1.29, 1.82) is 0 Å². The zero-order chi connectivity index (χ0) is 24.2. The van der Waals surface area contributed by atoms with Crippen LogP contribution in [-0.4, -0.2) is 48.4 Å². The molecule has 4 heteroatoms. The fourth-order valence-electron chi connectivity index (χ4n) is 9.77. The smallest absolute Gasteiger partial charge is 0.143 e. The second-order valence-electron chi connectivity index (χ2n) is 13.0. The summed E-state index contributed by atoms with van der Waals surface area (Å²) in [6.07, 6.45) is 14.0. The van der Waals surface area contributed by atoms with Gasteiger partial charge in [-0.2, -0.15) is 0 Å². The molecule has 0 N–H and O–H groups in total. The number of allylic oxidation sites excluding steroid dienone is 2. The van der Waals surface area contributed by atoms with Crippen molar-refractivity contribution in [2.24, 2.45) is 40.4 Å². The highest BCUT2D eigenvalue weighted by Gasteiger charge is 2.60. The van der Waals surface area contributed by atoms with E-state index in [4.69, 9.17) is 0 Å². The number of Topliss-reactive ketones (excluding diaryl/α,β-unsaturated/α-hetero) is 1. The lowest BCUT2D eigenvalue weighted by Gasteiger charge is -2.58. The van der Waals surface area contributed by atoms with Gasteiger partial charge >= 0.3 is 0 Å². The number of hydrogen-bond donors (Lipinski definition) is 0. The van der Waals surface area contributed by atoms with Gasteiger partial charge in [-0.15, -0.1) is 0 Å². The van der Waals surface area contributed by atoms with E-state index in [-0.39, 0.29) is 5.41 Å². The largest absolute Gasteiger partial charge is 0.354 e. The van der Waals surface area contributed by atoms with Crippen LogP contribution in [0.2, 0.25) is 0 Å². The molecule has 3 saturated carbocycles. The van der Waals surface area contributed by atoms with E-state index in [0.29, 0.717) is 17.1 Å². The van der Waals surface area contributed by atoms with E-state index in [9.17, 15) is 4.79 Å². The molecule has 0 bridgehead atoms. The van der Waals surface area contributed by atoms with Crippen molar-refractivity contribution < 1.29 is 4.79 Å². The molecule has 5 aliphatic rings. The third-order valence-corrected chi connectivity index (χ3v) is 11.6. The number of nitrogens with zero attached hydrogens (tertiary/aromatic N) is 3. The SMILES string of the molecule is CC(CN1CCN(c2ccccn2)CC1)[C@H]1CC[C@H]2[C@@H]3CCC4=CCCC(=O)[C@]4(C)[C@H]3CC[C@]12C. The Labute approximate surface area is 212 Å². The van der Waals surface area contributed by atoms with Gasteiger partial charge in [0.1, 0.15) is 11.6 Å². The van der Waals surface area contributed by atoms with E-state index in [1.165, 1.54) is 50.6 Å². The molecule has 1 aliphatic heterocycles. The van der Waals surface area contributed by atoms with Crippen molar-refractivity contribution in [3.8, 4) is 0 Å². The predicted octanol–water partition coefficient (Wildman–Crippen LogP) is 5.99. The van der Waals surface area contributed by atoms with Crippen LogP contribution < -0.4 is 4.90 Å². The number of ketones is 1. The summed E-state index contributed by atoms with van der Waals surface area (Å²) in [5.41, 5.74) is 1.83. The van der Waals surface area contributed by atoms with Gasteiger partial charge in [-0.05, 0) is 99.0 Å². The van der Waals surface area contributed by atoms with Crippen molar-refractivity contribution in [2.45, 2.75) is 72.1 Å². The Kier molecular flexibility index (Phi) is 6.10. The maximum atomic E-state index is 13.2. The number of rotatable bonds is 4. The van der Waals surface area contributed by atoms with Crippen LogP contribution in [0.4, 0.5) is 5.82 Å². The number of carbonyl (C=O) groups is 1. The lowest BCUT2D eigenvalue weighted by molar-refractivity contribution is -0.137. The monoisotopic (exact) mass is 475 g/mol. The highest BCUT2D eigenvalue weighted by Crippen LogP contribution is 2.67. The lowest BCUT2D eigenvalue weighted by atomic mass is 9.46. The molecule has 0 amide bonds. The molecule has 0 aromatic carbocycles. The second-order valence-corrected chi connectivity index (χ2v) is 13.0. The van der Waals surface area contributed by atoms with Crippen molar-refractivity contribution in [3.63, 3.8) is 0 Å². The van der Waals surface area contributed by atoms with Gasteiger partial charge in [0.05, 0.1) is 5.41 Å². The number of aromatic nitrogens is 1. The first kappa shape index (κ1) is 23.7. The van der Waals surface area contributed by atoms with Crippen molar-refractivity contribution in [1.82, 2.24) is 9.88 Å². The topological polar surface area (TPSA) is 36.4 Å². The van der Waals surface area contributed by atoms with Gasteiger partial charge in [0.15, 0.2) is 0 Å². The molecule has 1 aromatic rings. The van der Waals surface area contributed by atoms with Crippen LogP contribution in [0.15, 0.2) is 36.0 Å². The summed E-state index contributed by atoms with van der Waals surface area (Å²) in [6, 6.07) is 6.23. The Morgan fingerprint density at radius 3 is 2.63 bits per heavy atom. The van der Waals surface area contributed by atoms with Crippen molar-refractivity contribution >= 4 is 11.6 Å². The van der Waals surface area contributed by atoms with Crippen LogP contribution >= 0.6 is 0 Å². The van der Waals surface area contributed by atoms with E-state index < -0.39 is 0 Å². The minimum atomic E-state index is -0.139. The summed E-state index contributed by atoms with van der Waals surface area (Å²) < 4.78 is 0. The molecule has 1 unspecified atom stereocenters. The highest BCUT2D eigenvalue weighted by molar-refractivity contribution is 5.89. The van der Waals surface area contributed by atoms with Crippen LogP contribution in [0.1, 0.15) is 72.1 Å². The number of pyridine rings is 1. The first-order chi connectivity index (χ1) is 16.9. The fourth-order valence-corrected chi connectivity index (χ4v) is 9.77. The molecule has 4 nitrogen and oxygen atoms in total.